The number of carboxylic acid groups (broad SMARTS) is 1. The third-order valence-corrected chi connectivity index (χ3v) is 5.25. The normalized spacial score (nSPS) is 14.5. The monoisotopic (exact) mass is 327 g/mol. The van der Waals surface area contributed by atoms with Crippen molar-refractivity contribution in [2.75, 3.05) is 18.0 Å². The first kappa shape index (κ1) is 15.5. The number of nitriles is 1. The van der Waals surface area contributed by atoms with Gasteiger partial charge in [-0.15, -0.1) is 11.3 Å². The third kappa shape index (κ3) is 3.06. The molecule has 118 valence electrons. The van der Waals surface area contributed by atoms with E-state index in [0.29, 0.717) is 16.3 Å². The van der Waals surface area contributed by atoms with Gasteiger partial charge in [-0.2, -0.15) is 5.26 Å². The van der Waals surface area contributed by atoms with Crippen LogP contribution in [0.1, 0.15) is 40.2 Å². The number of rotatable bonds is 3. The second-order valence-electron chi connectivity index (χ2n) is 5.63. The topological polar surface area (TPSA) is 77.2 Å². The second-order valence-corrected chi connectivity index (χ2v) is 6.63. The molecule has 2 heterocycles. The van der Waals surface area contributed by atoms with Crippen molar-refractivity contribution in [2.24, 2.45) is 0 Å². The molecule has 0 saturated carbocycles. The van der Waals surface area contributed by atoms with Crippen LogP contribution >= 0.6 is 11.3 Å². The van der Waals surface area contributed by atoms with Gasteiger partial charge in [0.05, 0.1) is 16.9 Å². The van der Waals surface area contributed by atoms with Gasteiger partial charge in [0, 0.05) is 18.7 Å². The highest BCUT2D eigenvalue weighted by Gasteiger charge is 2.18. The number of carbonyl (C=O) groups is 1. The van der Waals surface area contributed by atoms with E-state index in [1.807, 2.05) is 18.2 Å². The summed E-state index contributed by atoms with van der Waals surface area (Å²) < 4.78 is 0. The number of aryl methyl sites for hydroxylation is 1. The number of thiazole rings is 1. The summed E-state index contributed by atoms with van der Waals surface area (Å²) in [6.45, 7) is 3.65. The lowest BCUT2D eigenvalue weighted by molar-refractivity contribution is 0.0701. The van der Waals surface area contributed by atoms with Crippen molar-refractivity contribution >= 4 is 23.0 Å². The summed E-state index contributed by atoms with van der Waals surface area (Å²) in [7, 11) is 0. The van der Waals surface area contributed by atoms with E-state index in [1.165, 1.54) is 6.42 Å². The smallest absolute Gasteiger partial charge is 0.347 e. The Hall–Kier alpha value is -2.39. The van der Waals surface area contributed by atoms with E-state index in [4.69, 9.17) is 5.11 Å². The van der Waals surface area contributed by atoms with E-state index >= 15 is 0 Å². The molecule has 6 heteroatoms. The van der Waals surface area contributed by atoms with Crippen LogP contribution in [0.5, 0.6) is 0 Å². The number of benzene rings is 1. The lowest BCUT2D eigenvalue weighted by atomic mass is 10.1. The lowest BCUT2D eigenvalue weighted by Gasteiger charge is -2.29. The highest BCUT2D eigenvalue weighted by Crippen LogP contribution is 2.32. The van der Waals surface area contributed by atoms with Crippen molar-refractivity contribution < 1.29 is 9.90 Å². The molecule has 0 radical (unpaired) electrons. The van der Waals surface area contributed by atoms with Crippen LogP contribution in [0.4, 0.5) is 5.69 Å². The minimum Gasteiger partial charge on any atom is -0.477 e. The summed E-state index contributed by atoms with van der Waals surface area (Å²) in [5.74, 6) is -0.961. The Labute approximate surface area is 138 Å². The van der Waals surface area contributed by atoms with Crippen molar-refractivity contribution in [3.63, 3.8) is 0 Å². The number of anilines is 1. The molecular formula is C17H17N3O2S. The molecule has 3 rings (SSSR count). The average molecular weight is 327 g/mol. The van der Waals surface area contributed by atoms with Gasteiger partial charge in [-0.05, 0) is 44.4 Å². The van der Waals surface area contributed by atoms with Gasteiger partial charge in [-0.1, -0.05) is 0 Å². The molecule has 1 saturated heterocycles. The molecule has 23 heavy (non-hydrogen) atoms. The fraction of sp³-hybridized carbons (Fsp3) is 0.353. The molecule has 1 N–H and O–H groups in total. The quantitative estimate of drug-likeness (QED) is 0.930. The molecule has 0 aliphatic carbocycles. The van der Waals surface area contributed by atoms with Crippen LogP contribution in [0.25, 0.3) is 10.6 Å². The second kappa shape index (κ2) is 6.39. The van der Waals surface area contributed by atoms with Crippen LogP contribution in [0.3, 0.4) is 0 Å². The first-order valence-corrected chi connectivity index (χ1v) is 8.42. The molecule has 1 aliphatic rings. The van der Waals surface area contributed by atoms with Crippen LogP contribution in [0.15, 0.2) is 18.2 Å². The molecule has 2 aromatic rings. The van der Waals surface area contributed by atoms with E-state index < -0.39 is 5.97 Å². The molecule has 5 nitrogen and oxygen atoms in total. The van der Waals surface area contributed by atoms with Crippen LogP contribution in [0, 0.1) is 18.3 Å². The maximum absolute atomic E-state index is 11.2. The van der Waals surface area contributed by atoms with Crippen molar-refractivity contribution in [2.45, 2.75) is 26.2 Å². The summed E-state index contributed by atoms with van der Waals surface area (Å²) in [6.07, 6.45) is 3.55. The predicted molar refractivity (Wildman–Crippen MR) is 90.0 cm³/mol. The van der Waals surface area contributed by atoms with Crippen LogP contribution in [-0.2, 0) is 0 Å². The standard InChI is InChI=1S/C17H17N3O2S/c1-11-15(17(21)22)23-16(19-11)12-5-6-14(13(9-12)10-18)20-7-3-2-4-8-20/h5-6,9H,2-4,7-8H2,1H3,(H,21,22). The number of carboxylic acids is 1. The van der Waals surface area contributed by atoms with E-state index in [1.54, 1.807) is 6.92 Å². The zero-order valence-electron chi connectivity index (χ0n) is 12.9. The Kier molecular flexibility index (Phi) is 4.30. The molecule has 1 aromatic heterocycles. The van der Waals surface area contributed by atoms with Gasteiger partial charge in [0.25, 0.3) is 0 Å². The number of aromatic nitrogens is 1. The Bertz CT molecular complexity index is 786. The van der Waals surface area contributed by atoms with Gasteiger partial charge in [-0.3, -0.25) is 0 Å². The van der Waals surface area contributed by atoms with Gasteiger partial charge in [-0.25, -0.2) is 9.78 Å². The fourth-order valence-electron chi connectivity index (χ4n) is 2.89. The van der Waals surface area contributed by atoms with Gasteiger partial charge in [0.1, 0.15) is 16.0 Å². The van der Waals surface area contributed by atoms with Crippen LogP contribution in [0.2, 0.25) is 0 Å². The van der Waals surface area contributed by atoms with E-state index in [2.05, 4.69) is 16.0 Å². The van der Waals surface area contributed by atoms with Gasteiger partial charge in [0.2, 0.25) is 0 Å². The molecule has 0 amide bonds. The molecule has 1 aliphatic heterocycles. The summed E-state index contributed by atoms with van der Waals surface area (Å²) in [5, 5.41) is 19.3. The molecular weight excluding hydrogens is 310 g/mol. The molecule has 0 bridgehead atoms. The summed E-state index contributed by atoms with van der Waals surface area (Å²) in [5.41, 5.74) is 2.89. The Morgan fingerprint density at radius 3 is 2.70 bits per heavy atom. The molecule has 1 fully saturated rings. The molecule has 0 unspecified atom stereocenters. The summed E-state index contributed by atoms with van der Waals surface area (Å²) >= 11 is 1.15. The van der Waals surface area contributed by atoms with E-state index in [-0.39, 0.29) is 4.88 Å². The van der Waals surface area contributed by atoms with Gasteiger partial charge in [0.15, 0.2) is 0 Å². The zero-order chi connectivity index (χ0) is 16.4. The summed E-state index contributed by atoms with van der Waals surface area (Å²) in [4.78, 5) is 18.0. The zero-order valence-corrected chi connectivity index (χ0v) is 13.7. The van der Waals surface area contributed by atoms with Crippen LogP contribution < -0.4 is 4.90 Å². The predicted octanol–water partition coefficient (Wildman–Crippen LogP) is 3.68. The molecule has 0 atom stereocenters. The van der Waals surface area contributed by atoms with Crippen molar-refractivity contribution in [1.29, 1.82) is 5.26 Å². The number of hydrogen-bond donors (Lipinski definition) is 1. The van der Waals surface area contributed by atoms with Gasteiger partial charge >= 0.3 is 5.97 Å². The first-order valence-electron chi connectivity index (χ1n) is 7.60. The maximum atomic E-state index is 11.2. The van der Waals surface area contributed by atoms with Crippen molar-refractivity contribution in [3.8, 4) is 16.6 Å². The first-order chi connectivity index (χ1) is 11.1. The molecule has 0 spiro atoms. The number of aromatic carboxylic acids is 1. The SMILES string of the molecule is Cc1nc(-c2ccc(N3CCCCC3)c(C#N)c2)sc1C(=O)O. The maximum Gasteiger partial charge on any atom is 0.347 e. The lowest BCUT2D eigenvalue weighted by Crippen LogP contribution is -2.29. The number of hydrogen-bond acceptors (Lipinski definition) is 5. The minimum atomic E-state index is -0.961. The number of piperidine rings is 1. The van der Waals surface area contributed by atoms with Gasteiger partial charge < -0.3 is 10.0 Å². The summed E-state index contributed by atoms with van der Waals surface area (Å²) in [6, 6.07) is 7.96. The highest BCUT2D eigenvalue weighted by atomic mass is 32.1. The average Bonchev–Trinajstić information content (AvgIpc) is 2.97. The highest BCUT2D eigenvalue weighted by molar-refractivity contribution is 7.17. The van der Waals surface area contributed by atoms with Crippen molar-refractivity contribution in [3.05, 3.63) is 34.3 Å². The van der Waals surface area contributed by atoms with Crippen LogP contribution in [-0.4, -0.2) is 29.1 Å². The number of nitrogens with zero attached hydrogens (tertiary/aromatic N) is 3. The Morgan fingerprint density at radius 1 is 1.35 bits per heavy atom. The van der Waals surface area contributed by atoms with Crippen molar-refractivity contribution in [1.82, 2.24) is 4.98 Å². The van der Waals surface area contributed by atoms with E-state index in [0.717, 1.165) is 48.5 Å². The fourth-order valence-corrected chi connectivity index (χ4v) is 3.79. The Morgan fingerprint density at radius 2 is 2.09 bits per heavy atom. The molecule has 1 aromatic carbocycles. The largest absolute Gasteiger partial charge is 0.477 e. The minimum absolute atomic E-state index is 0.249. The van der Waals surface area contributed by atoms with E-state index in [9.17, 15) is 10.1 Å². The Balaban J connectivity index is 1.97. The third-order valence-electron chi connectivity index (χ3n) is 4.05.